The minimum Gasteiger partial charge on any atom is -0.387 e. The molecule has 2 aromatic carbocycles. The van der Waals surface area contributed by atoms with E-state index in [2.05, 4.69) is 52.4 Å². The fourth-order valence-corrected chi connectivity index (χ4v) is 2.49. The largest absolute Gasteiger partial charge is 0.387 e. The van der Waals surface area contributed by atoms with Gasteiger partial charge in [0.25, 0.3) is 0 Å². The van der Waals surface area contributed by atoms with Crippen LogP contribution in [0.3, 0.4) is 0 Å². The zero-order chi connectivity index (χ0) is 16.1. The summed E-state index contributed by atoms with van der Waals surface area (Å²) in [4.78, 5) is 8.40. The summed E-state index contributed by atoms with van der Waals surface area (Å²) in [6.45, 7) is 1.79. The van der Waals surface area contributed by atoms with Gasteiger partial charge < -0.3 is 5.73 Å². The van der Waals surface area contributed by atoms with Crippen LogP contribution in [0.2, 0.25) is 0 Å². The number of rotatable bonds is 4. The number of pyridine rings is 1. The number of amidine groups is 1. The van der Waals surface area contributed by atoms with Crippen molar-refractivity contribution >= 4 is 11.5 Å². The van der Waals surface area contributed by atoms with Crippen molar-refractivity contribution in [3.8, 4) is 11.1 Å². The molecule has 3 nitrogen and oxygen atoms in total. The quantitative estimate of drug-likeness (QED) is 0.575. The van der Waals surface area contributed by atoms with E-state index in [1.807, 2.05) is 24.4 Å². The highest BCUT2D eigenvalue weighted by Crippen LogP contribution is 2.23. The van der Waals surface area contributed by atoms with Crippen molar-refractivity contribution < 1.29 is 0 Å². The third-order valence-electron chi connectivity index (χ3n) is 3.59. The highest BCUT2D eigenvalue weighted by atomic mass is 14.8. The van der Waals surface area contributed by atoms with Gasteiger partial charge in [-0.3, -0.25) is 4.98 Å². The van der Waals surface area contributed by atoms with Crippen LogP contribution in [-0.4, -0.2) is 10.8 Å². The van der Waals surface area contributed by atoms with Crippen LogP contribution < -0.4 is 5.73 Å². The number of aromatic nitrogens is 1. The van der Waals surface area contributed by atoms with Gasteiger partial charge in [0.15, 0.2) is 0 Å². The predicted octanol–water partition coefficient (Wildman–Crippen LogP) is 4.35. The summed E-state index contributed by atoms with van der Waals surface area (Å²) in [6.07, 6.45) is 4.61. The molecule has 0 amide bonds. The minimum absolute atomic E-state index is 0.567. The molecule has 3 aromatic rings. The molecule has 2 N–H and O–H groups in total. The van der Waals surface area contributed by atoms with Gasteiger partial charge >= 0.3 is 0 Å². The lowest BCUT2D eigenvalue weighted by Crippen LogP contribution is -2.03. The molecule has 1 heterocycles. The van der Waals surface area contributed by atoms with Gasteiger partial charge in [-0.1, -0.05) is 42.5 Å². The summed E-state index contributed by atoms with van der Waals surface area (Å²) in [5, 5.41) is 0. The second-order valence-electron chi connectivity index (χ2n) is 5.54. The number of hydrogen-bond acceptors (Lipinski definition) is 2. The van der Waals surface area contributed by atoms with Crippen LogP contribution in [0.25, 0.3) is 11.1 Å². The first kappa shape index (κ1) is 15.0. The first-order valence-electron chi connectivity index (χ1n) is 7.60. The van der Waals surface area contributed by atoms with E-state index in [-0.39, 0.29) is 0 Å². The maximum atomic E-state index is 5.60. The molecule has 3 rings (SSSR count). The van der Waals surface area contributed by atoms with Gasteiger partial charge in [0.05, 0.1) is 11.5 Å². The molecular formula is C20H19N3. The minimum atomic E-state index is 0.567. The molecule has 0 spiro atoms. The summed E-state index contributed by atoms with van der Waals surface area (Å²) >= 11 is 0. The molecule has 0 fully saturated rings. The molecule has 23 heavy (non-hydrogen) atoms. The van der Waals surface area contributed by atoms with Crippen LogP contribution >= 0.6 is 0 Å². The van der Waals surface area contributed by atoms with E-state index >= 15 is 0 Å². The summed E-state index contributed by atoms with van der Waals surface area (Å²) in [5.74, 6) is 0.567. The highest BCUT2D eigenvalue weighted by Gasteiger charge is 2.00. The van der Waals surface area contributed by atoms with E-state index < -0.39 is 0 Å². The number of nitrogens with zero attached hydrogens (tertiary/aromatic N) is 2. The van der Waals surface area contributed by atoms with E-state index in [1.165, 1.54) is 22.3 Å². The molecule has 0 bridgehead atoms. The normalized spacial score (nSPS) is 11.4. The van der Waals surface area contributed by atoms with Gasteiger partial charge in [0.2, 0.25) is 0 Å². The second kappa shape index (κ2) is 6.88. The van der Waals surface area contributed by atoms with Gasteiger partial charge in [-0.2, -0.15) is 0 Å². The predicted molar refractivity (Wildman–Crippen MR) is 95.9 cm³/mol. The smallest absolute Gasteiger partial charge is 0.0964 e. The summed E-state index contributed by atoms with van der Waals surface area (Å²) in [7, 11) is 0. The highest BCUT2D eigenvalue weighted by molar-refractivity contribution is 5.80. The van der Waals surface area contributed by atoms with Gasteiger partial charge in [0.1, 0.15) is 0 Å². The standard InChI is InChI=1S/C20H19N3/c1-15(21)23-20-10-8-19(9-11-20)18-6-4-16(5-7-18)13-17-3-2-12-22-14-17/h2-12,14H,13H2,1H3,(H2,21,23). The Balaban J connectivity index is 1.75. The van der Waals surface area contributed by atoms with Crippen molar-refractivity contribution in [2.75, 3.05) is 0 Å². The molecule has 1 aromatic heterocycles. The summed E-state index contributed by atoms with van der Waals surface area (Å²) < 4.78 is 0. The molecule has 0 saturated carbocycles. The van der Waals surface area contributed by atoms with Gasteiger partial charge in [-0.15, -0.1) is 0 Å². The molecule has 3 heteroatoms. The SMILES string of the molecule is CC(N)=Nc1ccc(-c2ccc(Cc3cccnc3)cc2)cc1. The number of hydrogen-bond donors (Lipinski definition) is 1. The average Bonchev–Trinajstić information content (AvgIpc) is 2.57. The van der Waals surface area contributed by atoms with Crippen LogP contribution in [0, 0.1) is 0 Å². The maximum Gasteiger partial charge on any atom is 0.0964 e. The Labute approximate surface area is 136 Å². The maximum absolute atomic E-state index is 5.60. The van der Waals surface area contributed by atoms with E-state index in [0.717, 1.165) is 12.1 Å². The zero-order valence-corrected chi connectivity index (χ0v) is 13.1. The molecule has 0 aliphatic heterocycles. The first-order valence-corrected chi connectivity index (χ1v) is 7.60. The van der Waals surface area contributed by atoms with Gasteiger partial charge in [-0.05, 0) is 53.8 Å². The molecule has 114 valence electrons. The molecule has 0 saturated heterocycles. The molecule has 0 atom stereocenters. The van der Waals surface area contributed by atoms with Crippen molar-refractivity contribution in [1.29, 1.82) is 0 Å². The van der Waals surface area contributed by atoms with E-state index in [0.29, 0.717) is 5.84 Å². The molecule has 0 radical (unpaired) electrons. The lowest BCUT2D eigenvalue weighted by molar-refractivity contribution is 1.15. The Morgan fingerprint density at radius 1 is 0.913 bits per heavy atom. The fourth-order valence-electron chi connectivity index (χ4n) is 2.49. The Bertz CT molecular complexity index is 785. The lowest BCUT2D eigenvalue weighted by Gasteiger charge is -2.05. The number of nitrogens with two attached hydrogens (primary N) is 1. The van der Waals surface area contributed by atoms with Crippen LogP contribution in [-0.2, 0) is 6.42 Å². The number of benzene rings is 2. The zero-order valence-electron chi connectivity index (χ0n) is 13.1. The van der Waals surface area contributed by atoms with Crippen LogP contribution in [0.4, 0.5) is 5.69 Å². The Kier molecular flexibility index (Phi) is 4.48. The Hall–Kier alpha value is -2.94. The molecular weight excluding hydrogens is 282 g/mol. The van der Waals surface area contributed by atoms with Crippen molar-refractivity contribution in [2.24, 2.45) is 10.7 Å². The van der Waals surface area contributed by atoms with Crippen molar-refractivity contribution in [3.05, 3.63) is 84.2 Å². The van der Waals surface area contributed by atoms with Crippen LogP contribution in [0.5, 0.6) is 0 Å². The van der Waals surface area contributed by atoms with Crippen LogP contribution in [0.15, 0.2) is 78.0 Å². The van der Waals surface area contributed by atoms with Crippen molar-refractivity contribution in [1.82, 2.24) is 4.98 Å². The Morgan fingerprint density at radius 3 is 2.13 bits per heavy atom. The van der Waals surface area contributed by atoms with Gasteiger partial charge in [0, 0.05) is 12.4 Å². The second-order valence-corrected chi connectivity index (χ2v) is 5.54. The van der Waals surface area contributed by atoms with Crippen LogP contribution in [0.1, 0.15) is 18.1 Å². The third kappa shape index (κ3) is 4.04. The topological polar surface area (TPSA) is 51.3 Å². The van der Waals surface area contributed by atoms with E-state index in [4.69, 9.17) is 5.73 Å². The average molecular weight is 301 g/mol. The van der Waals surface area contributed by atoms with Gasteiger partial charge in [-0.25, -0.2) is 4.99 Å². The van der Waals surface area contributed by atoms with E-state index in [9.17, 15) is 0 Å². The summed E-state index contributed by atoms with van der Waals surface area (Å²) in [5.41, 5.74) is 11.3. The summed E-state index contributed by atoms with van der Waals surface area (Å²) in [6, 6.07) is 20.8. The molecule has 0 aliphatic carbocycles. The lowest BCUT2D eigenvalue weighted by atomic mass is 10.0. The number of aliphatic imine (C=N–C) groups is 1. The molecule has 0 unspecified atom stereocenters. The third-order valence-corrected chi connectivity index (χ3v) is 3.59. The molecule has 0 aliphatic rings. The monoisotopic (exact) mass is 301 g/mol. The van der Waals surface area contributed by atoms with E-state index in [1.54, 1.807) is 13.1 Å². The Morgan fingerprint density at radius 2 is 1.57 bits per heavy atom. The fraction of sp³-hybridized carbons (Fsp3) is 0.100. The van der Waals surface area contributed by atoms with Crippen molar-refractivity contribution in [3.63, 3.8) is 0 Å². The van der Waals surface area contributed by atoms with Crippen molar-refractivity contribution in [2.45, 2.75) is 13.3 Å². The first-order chi connectivity index (χ1) is 11.2.